The van der Waals surface area contributed by atoms with Crippen LogP contribution in [0.4, 0.5) is 0 Å². The molecule has 0 saturated heterocycles. The van der Waals surface area contributed by atoms with Gasteiger partial charge in [0.05, 0.1) is 12.3 Å². The minimum atomic E-state index is -0.0512. The molecule has 0 aliphatic heterocycles. The molecule has 1 aromatic carbocycles. The molecular weight excluding hydrogens is 283 g/mol. The summed E-state index contributed by atoms with van der Waals surface area (Å²) in [6.07, 6.45) is 3.16. The van der Waals surface area contributed by atoms with Crippen molar-refractivity contribution in [3.05, 3.63) is 57.5 Å². The van der Waals surface area contributed by atoms with E-state index in [0.717, 1.165) is 23.3 Å². The van der Waals surface area contributed by atoms with Gasteiger partial charge in [0.25, 0.3) is 0 Å². The summed E-state index contributed by atoms with van der Waals surface area (Å²) in [6.45, 7) is 2.04. The van der Waals surface area contributed by atoms with Crippen molar-refractivity contribution in [1.29, 1.82) is 0 Å². The van der Waals surface area contributed by atoms with Crippen molar-refractivity contribution >= 4 is 23.2 Å². The Kier molecular flexibility index (Phi) is 4.88. The van der Waals surface area contributed by atoms with E-state index in [1.54, 1.807) is 18.4 Å². The van der Waals surface area contributed by atoms with E-state index in [2.05, 4.69) is 5.43 Å². The van der Waals surface area contributed by atoms with Crippen molar-refractivity contribution in [2.45, 2.75) is 25.8 Å². The summed E-state index contributed by atoms with van der Waals surface area (Å²) in [5.74, 6) is 6.59. The smallest absolute Gasteiger partial charge is 0.108 e. The molecule has 1 aromatic heterocycles. The zero-order valence-corrected chi connectivity index (χ0v) is 12.1. The van der Waals surface area contributed by atoms with E-state index >= 15 is 0 Å². The number of aryl methyl sites for hydroxylation is 1. The number of hydrogen-bond acceptors (Lipinski definition) is 3. The van der Waals surface area contributed by atoms with Crippen molar-refractivity contribution in [3.63, 3.8) is 0 Å². The van der Waals surface area contributed by atoms with Crippen molar-refractivity contribution in [2.24, 2.45) is 5.84 Å². The molecule has 0 spiro atoms. The van der Waals surface area contributed by atoms with Crippen LogP contribution in [0.25, 0.3) is 0 Å². The van der Waals surface area contributed by atoms with Crippen molar-refractivity contribution in [1.82, 2.24) is 5.43 Å². The molecule has 2 aromatic rings. The first-order chi connectivity index (χ1) is 9.15. The monoisotopic (exact) mass is 298 g/mol. The Labute approximate surface area is 122 Å². The van der Waals surface area contributed by atoms with Crippen LogP contribution in [0.5, 0.6) is 0 Å². The molecule has 102 valence electrons. The minimum absolute atomic E-state index is 0.0512. The van der Waals surface area contributed by atoms with Crippen molar-refractivity contribution in [3.8, 4) is 0 Å². The van der Waals surface area contributed by atoms with Crippen LogP contribution in [0, 0.1) is 0 Å². The second-order valence-corrected chi connectivity index (χ2v) is 5.16. The Balaban J connectivity index is 2.26. The van der Waals surface area contributed by atoms with Crippen molar-refractivity contribution in [2.75, 3.05) is 0 Å². The van der Waals surface area contributed by atoms with Crippen molar-refractivity contribution < 1.29 is 4.42 Å². The second-order valence-electron chi connectivity index (χ2n) is 4.31. The molecule has 1 heterocycles. The Morgan fingerprint density at radius 2 is 2.11 bits per heavy atom. The summed E-state index contributed by atoms with van der Waals surface area (Å²) >= 11 is 12.2. The zero-order chi connectivity index (χ0) is 13.8. The van der Waals surface area contributed by atoms with Crippen LogP contribution in [0.15, 0.2) is 34.9 Å². The molecular formula is C14H16Cl2N2O. The fourth-order valence-corrected chi connectivity index (χ4v) is 2.52. The molecule has 0 saturated carbocycles. The lowest BCUT2D eigenvalue weighted by Gasteiger charge is -2.17. The fraction of sp³-hybridized carbons (Fsp3) is 0.286. The van der Waals surface area contributed by atoms with E-state index < -0.39 is 0 Å². The van der Waals surface area contributed by atoms with Gasteiger partial charge >= 0.3 is 0 Å². The lowest BCUT2D eigenvalue weighted by Crippen LogP contribution is -2.30. The molecule has 3 nitrogen and oxygen atoms in total. The van der Waals surface area contributed by atoms with Crippen LogP contribution in [0.2, 0.25) is 10.0 Å². The summed E-state index contributed by atoms with van der Waals surface area (Å²) < 4.78 is 5.43. The van der Waals surface area contributed by atoms with Gasteiger partial charge in [-0.25, -0.2) is 0 Å². The van der Waals surface area contributed by atoms with Gasteiger partial charge in [-0.2, -0.15) is 0 Å². The molecule has 1 unspecified atom stereocenters. The van der Waals surface area contributed by atoms with E-state index in [-0.39, 0.29) is 6.04 Å². The first-order valence-corrected chi connectivity index (χ1v) is 6.87. The topological polar surface area (TPSA) is 51.2 Å². The number of hydrazine groups is 1. The molecule has 0 aliphatic rings. The average molecular weight is 299 g/mol. The SMILES string of the molecule is CCc1occc1C(Cc1cc(Cl)ccc1Cl)NN. The van der Waals surface area contributed by atoms with Crippen LogP contribution in [-0.2, 0) is 12.8 Å². The highest BCUT2D eigenvalue weighted by Crippen LogP contribution is 2.28. The summed E-state index contributed by atoms with van der Waals surface area (Å²) in [4.78, 5) is 0. The van der Waals surface area contributed by atoms with Crippen LogP contribution in [-0.4, -0.2) is 0 Å². The van der Waals surface area contributed by atoms with E-state index in [4.69, 9.17) is 33.5 Å². The second kappa shape index (κ2) is 6.44. The molecule has 0 bridgehead atoms. The molecule has 5 heteroatoms. The normalized spacial score (nSPS) is 12.6. The molecule has 1 atom stereocenters. The fourth-order valence-electron chi connectivity index (χ4n) is 2.13. The van der Waals surface area contributed by atoms with Gasteiger partial charge in [0, 0.05) is 22.0 Å². The number of nitrogens with one attached hydrogen (secondary N) is 1. The number of halogens is 2. The quantitative estimate of drug-likeness (QED) is 0.650. The Hall–Kier alpha value is -1.00. The molecule has 19 heavy (non-hydrogen) atoms. The van der Waals surface area contributed by atoms with E-state index in [1.807, 2.05) is 19.1 Å². The molecule has 0 radical (unpaired) electrons. The predicted octanol–water partition coefficient (Wildman–Crippen LogP) is 3.90. The van der Waals surface area contributed by atoms with Gasteiger partial charge in [-0.1, -0.05) is 30.1 Å². The highest BCUT2D eigenvalue weighted by atomic mass is 35.5. The first-order valence-electron chi connectivity index (χ1n) is 6.12. The number of hydrogen-bond donors (Lipinski definition) is 2. The van der Waals surface area contributed by atoms with Crippen LogP contribution in [0.3, 0.4) is 0 Å². The summed E-state index contributed by atoms with van der Waals surface area (Å²) in [6, 6.07) is 7.31. The average Bonchev–Trinajstić information content (AvgIpc) is 2.88. The largest absolute Gasteiger partial charge is 0.469 e. The predicted molar refractivity (Wildman–Crippen MR) is 78.3 cm³/mol. The van der Waals surface area contributed by atoms with Crippen LogP contribution in [0.1, 0.15) is 29.9 Å². The van der Waals surface area contributed by atoms with Gasteiger partial charge in [-0.15, -0.1) is 0 Å². The van der Waals surface area contributed by atoms with E-state index in [1.165, 1.54) is 0 Å². The third-order valence-corrected chi connectivity index (χ3v) is 3.71. The standard InChI is InChI=1S/C14H16Cl2N2O/c1-2-14-11(5-6-19-14)13(18-17)8-9-7-10(15)3-4-12(9)16/h3-7,13,18H,2,8,17H2,1H3. The van der Waals surface area contributed by atoms with E-state index in [0.29, 0.717) is 16.5 Å². The number of furan rings is 1. The maximum Gasteiger partial charge on any atom is 0.108 e. The summed E-state index contributed by atoms with van der Waals surface area (Å²) in [5, 5.41) is 1.35. The van der Waals surface area contributed by atoms with Gasteiger partial charge in [-0.3, -0.25) is 11.3 Å². The number of nitrogens with two attached hydrogens (primary N) is 1. The third-order valence-electron chi connectivity index (χ3n) is 3.11. The lowest BCUT2D eigenvalue weighted by molar-refractivity contribution is 0.487. The highest BCUT2D eigenvalue weighted by molar-refractivity contribution is 6.33. The summed E-state index contributed by atoms with van der Waals surface area (Å²) in [7, 11) is 0. The molecule has 2 rings (SSSR count). The highest BCUT2D eigenvalue weighted by Gasteiger charge is 2.17. The molecule has 0 aliphatic carbocycles. The van der Waals surface area contributed by atoms with Crippen LogP contribution < -0.4 is 11.3 Å². The number of rotatable bonds is 5. The van der Waals surface area contributed by atoms with E-state index in [9.17, 15) is 0 Å². The molecule has 0 amide bonds. The van der Waals surface area contributed by atoms with Crippen LogP contribution >= 0.6 is 23.2 Å². The third kappa shape index (κ3) is 3.31. The van der Waals surface area contributed by atoms with Gasteiger partial charge in [0.15, 0.2) is 0 Å². The first kappa shape index (κ1) is 14.4. The molecule has 0 fully saturated rings. The Bertz CT molecular complexity index is 554. The minimum Gasteiger partial charge on any atom is -0.469 e. The summed E-state index contributed by atoms with van der Waals surface area (Å²) in [5.41, 5.74) is 4.83. The number of benzene rings is 1. The van der Waals surface area contributed by atoms with Gasteiger partial charge in [0.2, 0.25) is 0 Å². The van der Waals surface area contributed by atoms with Gasteiger partial charge < -0.3 is 4.42 Å². The van der Waals surface area contributed by atoms with Gasteiger partial charge in [0.1, 0.15) is 5.76 Å². The molecule has 3 N–H and O–H groups in total. The maximum absolute atomic E-state index is 6.18. The lowest BCUT2D eigenvalue weighted by atomic mass is 9.99. The van der Waals surface area contributed by atoms with Gasteiger partial charge in [-0.05, 0) is 36.2 Å². The Morgan fingerprint density at radius 3 is 2.79 bits per heavy atom. The maximum atomic E-state index is 6.18. The zero-order valence-electron chi connectivity index (χ0n) is 10.6. The Morgan fingerprint density at radius 1 is 1.32 bits per heavy atom.